The minimum absolute atomic E-state index is 0.163. The average Bonchev–Trinajstić information content (AvgIpc) is 2.80. The third-order valence-corrected chi connectivity index (χ3v) is 4.31. The monoisotopic (exact) mass is 327 g/mol. The van der Waals surface area contributed by atoms with Crippen LogP contribution < -0.4 is 5.32 Å². The molecule has 0 saturated heterocycles. The Morgan fingerprint density at radius 1 is 1.29 bits per heavy atom. The van der Waals surface area contributed by atoms with Gasteiger partial charge in [-0.05, 0) is 59.1 Å². The van der Waals surface area contributed by atoms with Crippen LogP contribution in [0.15, 0.2) is 24.3 Å². The molecule has 0 aliphatic carbocycles. The van der Waals surface area contributed by atoms with E-state index in [0.717, 1.165) is 35.5 Å². The summed E-state index contributed by atoms with van der Waals surface area (Å²) in [5.41, 5.74) is 4.77. The summed E-state index contributed by atoms with van der Waals surface area (Å²) in [5, 5.41) is 8.02. The van der Waals surface area contributed by atoms with Crippen LogP contribution in [-0.2, 0) is 11.2 Å². The third-order valence-electron chi connectivity index (χ3n) is 4.31. The van der Waals surface area contributed by atoms with Gasteiger partial charge in [-0.1, -0.05) is 18.2 Å². The van der Waals surface area contributed by atoms with E-state index < -0.39 is 11.7 Å². The summed E-state index contributed by atoms with van der Waals surface area (Å²) in [4.78, 5) is 12.4. The lowest BCUT2D eigenvalue weighted by atomic mass is 9.92. The largest absolute Gasteiger partial charge is 0.442 e. The van der Waals surface area contributed by atoms with E-state index in [1.54, 1.807) is 0 Å². The first-order valence-corrected chi connectivity index (χ1v) is 8.40. The van der Waals surface area contributed by atoms with Crippen LogP contribution in [0.25, 0.3) is 0 Å². The Bertz CT molecular complexity index is 771. The molecule has 2 heterocycles. The lowest BCUT2D eigenvalue weighted by Crippen LogP contribution is -2.28. The minimum Gasteiger partial charge on any atom is -0.442 e. The van der Waals surface area contributed by atoms with Gasteiger partial charge in [0.2, 0.25) is 0 Å². The highest BCUT2D eigenvalue weighted by atomic mass is 16.6. The second kappa shape index (κ2) is 5.96. The number of fused-ring (bicyclic) bond motifs is 1. The Morgan fingerprint density at radius 3 is 2.71 bits per heavy atom. The number of ether oxygens (including phenoxy) is 1. The first-order valence-electron chi connectivity index (χ1n) is 8.40. The number of hydrogen-bond donors (Lipinski definition) is 1. The van der Waals surface area contributed by atoms with Crippen LogP contribution in [0.4, 0.5) is 10.5 Å². The van der Waals surface area contributed by atoms with Crippen LogP contribution in [0.1, 0.15) is 55.7 Å². The van der Waals surface area contributed by atoms with Crippen LogP contribution in [0.5, 0.6) is 0 Å². The quantitative estimate of drug-likeness (QED) is 0.844. The molecule has 1 unspecified atom stereocenters. The van der Waals surface area contributed by atoms with Crippen molar-refractivity contribution in [2.75, 3.05) is 5.32 Å². The van der Waals surface area contributed by atoms with Gasteiger partial charge in [0.05, 0.1) is 17.4 Å². The van der Waals surface area contributed by atoms with Gasteiger partial charge in [0.1, 0.15) is 5.60 Å². The lowest BCUT2D eigenvalue weighted by Gasteiger charge is -2.27. The number of anilines is 1. The molecule has 1 N–H and O–H groups in total. The zero-order chi connectivity index (χ0) is 17.5. The maximum absolute atomic E-state index is 12.4. The van der Waals surface area contributed by atoms with Gasteiger partial charge >= 0.3 is 6.09 Å². The van der Waals surface area contributed by atoms with E-state index in [0.29, 0.717) is 0 Å². The minimum atomic E-state index is -0.536. The molecular formula is C19H25N3O2. The number of carbonyl (C=O) groups is 1. The van der Waals surface area contributed by atoms with Crippen molar-refractivity contribution in [2.24, 2.45) is 0 Å². The molecule has 1 atom stereocenters. The Kier molecular flexibility index (Phi) is 4.11. The number of nitrogens with zero attached hydrogens (tertiary/aromatic N) is 2. The van der Waals surface area contributed by atoms with Crippen molar-refractivity contribution in [3.05, 3.63) is 46.8 Å². The average molecular weight is 327 g/mol. The van der Waals surface area contributed by atoms with Crippen LogP contribution in [0.2, 0.25) is 0 Å². The van der Waals surface area contributed by atoms with Crippen molar-refractivity contribution in [3.8, 4) is 0 Å². The van der Waals surface area contributed by atoms with Crippen molar-refractivity contribution in [1.29, 1.82) is 0 Å². The van der Waals surface area contributed by atoms with Gasteiger partial charge in [0.15, 0.2) is 0 Å². The van der Waals surface area contributed by atoms with E-state index >= 15 is 0 Å². The molecule has 0 radical (unpaired) electrons. The van der Waals surface area contributed by atoms with E-state index in [9.17, 15) is 4.79 Å². The summed E-state index contributed by atoms with van der Waals surface area (Å²) in [7, 11) is 0. The fourth-order valence-electron chi connectivity index (χ4n) is 3.30. The fourth-order valence-corrected chi connectivity index (χ4v) is 3.30. The van der Waals surface area contributed by atoms with Gasteiger partial charge in [0, 0.05) is 11.3 Å². The molecule has 1 aliphatic rings. The van der Waals surface area contributed by atoms with Crippen LogP contribution >= 0.6 is 0 Å². The zero-order valence-electron chi connectivity index (χ0n) is 15.0. The molecule has 1 aliphatic heterocycles. The summed E-state index contributed by atoms with van der Waals surface area (Å²) in [6.07, 6.45) is 1.58. The number of rotatable bonds is 1. The van der Waals surface area contributed by atoms with Crippen molar-refractivity contribution in [2.45, 2.75) is 59.1 Å². The molecule has 24 heavy (non-hydrogen) atoms. The number of hydrogen-bond acceptors (Lipinski definition) is 4. The zero-order valence-corrected chi connectivity index (χ0v) is 15.0. The Balaban J connectivity index is 1.89. The summed E-state index contributed by atoms with van der Waals surface area (Å²) in [6.45, 7) is 9.46. The number of carbonyl (C=O) groups excluding carboxylic acids is 1. The number of benzene rings is 1. The number of para-hydroxylation sites is 1. The van der Waals surface area contributed by atoms with Gasteiger partial charge in [-0.15, -0.1) is 0 Å². The highest BCUT2D eigenvalue weighted by molar-refractivity contribution is 5.71. The maximum Gasteiger partial charge on any atom is 0.435 e. The van der Waals surface area contributed by atoms with Crippen molar-refractivity contribution < 1.29 is 9.53 Å². The van der Waals surface area contributed by atoms with Gasteiger partial charge in [-0.25, -0.2) is 4.79 Å². The molecule has 1 aromatic carbocycles. The first kappa shape index (κ1) is 16.6. The summed E-state index contributed by atoms with van der Waals surface area (Å²) in [6, 6.07) is 8.53. The summed E-state index contributed by atoms with van der Waals surface area (Å²) >= 11 is 0. The molecule has 3 rings (SSSR count). The second-order valence-corrected chi connectivity index (χ2v) is 7.37. The van der Waals surface area contributed by atoms with Crippen molar-refractivity contribution in [3.63, 3.8) is 0 Å². The number of aryl methyl sites for hydroxylation is 2. The van der Waals surface area contributed by atoms with Crippen LogP contribution in [-0.4, -0.2) is 21.5 Å². The van der Waals surface area contributed by atoms with E-state index in [1.165, 1.54) is 10.2 Å². The normalized spacial score (nSPS) is 17.1. The Labute approximate surface area is 143 Å². The summed E-state index contributed by atoms with van der Waals surface area (Å²) in [5.74, 6) is 0. The van der Waals surface area contributed by atoms with Crippen LogP contribution in [0, 0.1) is 13.8 Å². The topological polar surface area (TPSA) is 56.2 Å². The second-order valence-electron chi connectivity index (χ2n) is 7.37. The van der Waals surface area contributed by atoms with E-state index in [-0.39, 0.29) is 6.04 Å². The fraction of sp³-hybridized carbons (Fsp3) is 0.474. The van der Waals surface area contributed by atoms with Gasteiger partial charge in [-0.2, -0.15) is 9.78 Å². The summed E-state index contributed by atoms with van der Waals surface area (Å²) < 4.78 is 6.84. The van der Waals surface area contributed by atoms with Gasteiger partial charge < -0.3 is 10.1 Å². The Hall–Kier alpha value is -2.30. The smallest absolute Gasteiger partial charge is 0.435 e. The van der Waals surface area contributed by atoms with E-state index in [1.807, 2.05) is 40.7 Å². The molecular weight excluding hydrogens is 302 g/mol. The van der Waals surface area contributed by atoms with E-state index in [2.05, 4.69) is 28.6 Å². The highest BCUT2D eigenvalue weighted by Crippen LogP contribution is 2.35. The molecule has 2 aromatic rings. The molecule has 0 spiro atoms. The van der Waals surface area contributed by atoms with E-state index in [4.69, 9.17) is 4.74 Å². The maximum atomic E-state index is 12.4. The number of nitrogens with one attached hydrogen (secondary N) is 1. The SMILES string of the molecule is Cc1nn(C(=O)OC(C)(C)C)c(C)c1C1CCc2ccccc2N1. The van der Waals surface area contributed by atoms with Gasteiger partial charge in [0.25, 0.3) is 0 Å². The molecule has 5 heteroatoms. The molecule has 0 amide bonds. The molecule has 1 aromatic heterocycles. The number of aromatic nitrogens is 2. The standard InChI is InChI=1S/C19H25N3O2/c1-12-17(13(2)22(21-12)18(23)24-19(3,4)5)16-11-10-14-8-6-7-9-15(14)20-16/h6-9,16,20H,10-11H2,1-5H3. The van der Waals surface area contributed by atoms with Crippen molar-refractivity contribution in [1.82, 2.24) is 9.78 Å². The predicted octanol–water partition coefficient (Wildman–Crippen LogP) is 4.38. The van der Waals surface area contributed by atoms with Crippen LogP contribution in [0.3, 0.4) is 0 Å². The molecule has 5 nitrogen and oxygen atoms in total. The lowest BCUT2D eigenvalue weighted by molar-refractivity contribution is 0.0510. The molecule has 128 valence electrons. The first-order chi connectivity index (χ1) is 11.3. The van der Waals surface area contributed by atoms with Crippen molar-refractivity contribution >= 4 is 11.8 Å². The third kappa shape index (κ3) is 3.16. The molecule has 0 saturated carbocycles. The Morgan fingerprint density at radius 2 is 2.00 bits per heavy atom. The predicted molar refractivity (Wildman–Crippen MR) is 94.5 cm³/mol. The molecule has 0 fully saturated rings. The van der Waals surface area contributed by atoms with Gasteiger partial charge in [-0.3, -0.25) is 0 Å². The highest BCUT2D eigenvalue weighted by Gasteiger charge is 2.28. The molecule has 0 bridgehead atoms.